The molecule has 6 fully saturated rings. The topological polar surface area (TPSA) is 207 Å². The number of allylic oxidation sites excluding steroid dienone is 4. The van der Waals surface area contributed by atoms with Gasteiger partial charge in [0.05, 0.1) is 43.4 Å². The Labute approximate surface area is 444 Å². The molecule has 75 heavy (non-hydrogen) atoms. The molecule has 11 atom stereocenters. The molecular formula is C59H84N2O13P+. The lowest BCUT2D eigenvalue weighted by Gasteiger charge is -2.59. The number of carbonyl (C=O) groups is 3. The number of nitrogens with zero attached hydrogens (tertiary/aromatic N) is 1. The van der Waals surface area contributed by atoms with Gasteiger partial charge in [0.1, 0.15) is 12.3 Å². The standard InChI is InChI=1S/C59H83N2O13P/c1-58-27-26-45(62)34-44(58)23-24-46-52(58)47(63)35-59(2)53(46)55-56(73-57(72-55)41-20-9-6-10-21-41)54(59)49(65)39-71-51(66)38-61(29-13-14-30-61)37-43-33-42(22-25-50(43)74-75(67,68)69)48(64)36-60-28-12-3-4-15-31-70-32-16-11-19-40-17-7-5-8-18-40/h5,7-8,17-18,22,25-27,33-34,41,46-48,52-57,60,63-64H,3-4,6,9-16,19-21,23-24,28-32,35-39H2,1-2H3,(H-,67,68,69)/p+1/t46?,47-,48?,52?,53?,54-,55?,56+,57+,58-,59-/m0/s1. The number of fused-ring (bicyclic) bond motifs is 7. The van der Waals surface area contributed by atoms with Crippen LogP contribution in [0.25, 0.3) is 0 Å². The third-order valence-corrected chi connectivity index (χ3v) is 19.0. The Morgan fingerprint density at radius 2 is 1.63 bits per heavy atom. The van der Waals surface area contributed by atoms with Gasteiger partial charge in [-0.3, -0.25) is 19.4 Å². The molecule has 0 amide bonds. The Kier molecular flexibility index (Phi) is 18.4. The molecule has 2 aromatic carbocycles. The highest BCUT2D eigenvalue weighted by atomic mass is 31.2. The number of Topliss-reactive ketones (excluding diaryl/α,β-unsaturated/α-hetero) is 1. The van der Waals surface area contributed by atoms with Crippen molar-refractivity contribution in [3.05, 3.63) is 89.0 Å². The van der Waals surface area contributed by atoms with Crippen molar-refractivity contribution >= 4 is 25.4 Å². The van der Waals surface area contributed by atoms with Crippen LogP contribution in [0.15, 0.2) is 72.3 Å². The fraction of sp³-hybridized carbons (Fsp3) is 0.678. The predicted molar refractivity (Wildman–Crippen MR) is 282 cm³/mol. The second kappa shape index (κ2) is 24.6. The lowest BCUT2D eigenvalue weighted by molar-refractivity contribution is -0.922. The molecule has 16 heteroatoms. The molecule has 5 aliphatic carbocycles. The zero-order valence-electron chi connectivity index (χ0n) is 44.4. The summed E-state index contributed by atoms with van der Waals surface area (Å²) in [6.45, 7) is 7.59. The number of ether oxygens (including phenoxy) is 4. The van der Waals surface area contributed by atoms with Gasteiger partial charge in [-0.15, -0.1) is 0 Å². The summed E-state index contributed by atoms with van der Waals surface area (Å²) >= 11 is 0. The first-order valence-corrected chi connectivity index (χ1v) is 29.9. The maximum Gasteiger partial charge on any atom is 0.524 e. The summed E-state index contributed by atoms with van der Waals surface area (Å²) in [6, 6.07) is 15.3. The maximum atomic E-state index is 14.9. The number of hydrogen-bond acceptors (Lipinski definition) is 12. The molecule has 2 aliphatic heterocycles. The normalized spacial score (nSPS) is 31.5. The highest BCUT2D eigenvalue weighted by Crippen LogP contribution is 2.68. The SMILES string of the molecule is C[C@]12C=CC(=O)C=C1CCC1C2[C@@H](O)C[C@@]2(C)C1C1O[C@@H](C3CCCCC3)O[C@@H]1[C@@H]2C(=O)COC(=O)C[N+]1(Cc2cc(C(O)CNCCCCCCOCCCCc3ccccc3)ccc2OP(=O)(O)O)CCCC1. The number of aliphatic hydroxyl groups excluding tert-OH is 2. The largest absolute Gasteiger partial charge is 0.524 e. The molecule has 2 heterocycles. The number of unbranched alkanes of at least 4 members (excludes halogenated alkanes) is 4. The van der Waals surface area contributed by atoms with E-state index in [2.05, 4.69) is 43.4 Å². The number of ketones is 2. The van der Waals surface area contributed by atoms with Crippen LogP contribution < -0.4 is 9.84 Å². The molecule has 15 nitrogen and oxygen atoms in total. The summed E-state index contributed by atoms with van der Waals surface area (Å²) in [4.78, 5) is 61.3. The van der Waals surface area contributed by atoms with E-state index in [0.29, 0.717) is 30.6 Å². The quantitative estimate of drug-likeness (QED) is 0.0274. The smallest absolute Gasteiger partial charge is 0.454 e. The van der Waals surface area contributed by atoms with E-state index in [1.54, 1.807) is 24.3 Å². The number of carbonyl (C=O) groups excluding carboxylic acids is 3. The van der Waals surface area contributed by atoms with Crippen LogP contribution in [-0.2, 0) is 50.9 Å². The Balaban J connectivity index is 0.802. The number of aliphatic hydroxyl groups is 2. The van der Waals surface area contributed by atoms with Crippen LogP contribution in [0, 0.1) is 40.4 Å². The summed E-state index contributed by atoms with van der Waals surface area (Å²) in [5.74, 6) is -1.57. The van der Waals surface area contributed by atoms with Crippen molar-refractivity contribution in [3.63, 3.8) is 0 Å². The first-order valence-electron chi connectivity index (χ1n) is 28.4. The van der Waals surface area contributed by atoms with E-state index >= 15 is 0 Å². The molecule has 412 valence electrons. The number of likely N-dealkylation sites (tertiary alicyclic amines) is 1. The van der Waals surface area contributed by atoms with Gasteiger partial charge in [-0.05, 0) is 123 Å². The van der Waals surface area contributed by atoms with E-state index in [0.717, 1.165) is 122 Å². The lowest BCUT2D eigenvalue weighted by Crippen LogP contribution is -2.58. The molecular weight excluding hydrogens is 976 g/mol. The second-order valence-corrected chi connectivity index (χ2v) is 24.9. The number of benzene rings is 2. The van der Waals surface area contributed by atoms with Gasteiger partial charge in [-0.25, -0.2) is 9.36 Å². The Hall–Kier alpha value is -3.60. The Morgan fingerprint density at radius 1 is 0.893 bits per heavy atom. The lowest BCUT2D eigenvalue weighted by atomic mass is 9.46. The average Bonchev–Trinajstić information content (AvgIpc) is 4.15. The minimum atomic E-state index is -4.97. The number of quaternary nitrogens is 1. The average molecular weight is 1060 g/mol. The molecule has 5 N–H and O–H groups in total. The Morgan fingerprint density at radius 3 is 2.39 bits per heavy atom. The molecule has 4 saturated carbocycles. The van der Waals surface area contributed by atoms with Gasteiger partial charge < -0.3 is 43.5 Å². The molecule has 2 aromatic rings. The fourth-order valence-electron chi connectivity index (χ4n) is 15.1. The summed E-state index contributed by atoms with van der Waals surface area (Å²) in [5.41, 5.74) is 2.21. The van der Waals surface area contributed by atoms with Crippen LogP contribution >= 0.6 is 7.82 Å². The van der Waals surface area contributed by atoms with Gasteiger partial charge in [-0.1, -0.05) is 94.0 Å². The van der Waals surface area contributed by atoms with Crippen molar-refractivity contribution in [1.29, 1.82) is 0 Å². The predicted octanol–water partition coefficient (Wildman–Crippen LogP) is 8.41. The van der Waals surface area contributed by atoms with Crippen molar-refractivity contribution in [2.75, 3.05) is 52.5 Å². The molecule has 0 aromatic heterocycles. The van der Waals surface area contributed by atoms with E-state index in [9.17, 15) is 38.9 Å². The van der Waals surface area contributed by atoms with Crippen molar-refractivity contribution in [2.45, 2.75) is 160 Å². The zero-order chi connectivity index (χ0) is 52.8. The fourth-order valence-corrected chi connectivity index (χ4v) is 15.5. The van der Waals surface area contributed by atoms with E-state index in [4.69, 9.17) is 23.5 Å². The molecule has 9 rings (SSSR count). The van der Waals surface area contributed by atoms with Crippen LogP contribution in [0.1, 0.15) is 139 Å². The Bertz CT molecular complexity index is 2400. The molecule has 7 aliphatic rings. The number of phosphoric ester groups is 1. The van der Waals surface area contributed by atoms with E-state index < -0.39 is 61.7 Å². The molecule has 5 unspecified atom stereocenters. The van der Waals surface area contributed by atoms with Gasteiger partial charge in [0.2, 0.25) is 0 Å². The monoisotopic (exact) mass is 1060 g/mol. The van der Waals surface area contributed by atoms with Gasteiger partial charge in [-0.2, -0.15) is 0 Å². The number of phosphoric acid groups is 1. The third kappa shape index (κ3) is 13.1. The number of nitrogens with one attached hydrogen (secondary N) is 1. The number of hydrogen-bond donors (Lipinski definition) is 5. The van der Waals surface area contributed by atoms with Crippen molar-refractivity contribution in [1.82, 2.24) is 5.32 Å². The molecule has 0 spiro atoms. The first kappa shape index (κ1) is 56.1. The van der Waals surface area contributed by atoms with Crippen LogP contribution in [0.5, 0.6) is 5.75 Å². The van der Waals surface area contributed by atoms with Gasteiger partial charge in [0.15, 0.2) is 31.0 Å². The van der Waals surface area contributed by atoms with Crippen molar-refractivity contribution in [3.8, 4) is 5.75 Å². The number of esters is 1. The zero-order valence-corrected chi connectivity index (χ0v) is 45.3. The number of rotatable bonds is 25. The van der Waals surface area contributed by atoms with Gasteiger partial charge in [0.25, 0.3) is 0 Å². The van der Waals surface area contributed by atoms with Crippen LogP contribution in [-0.4, -0.2) is 119 Å². The van der Waals surface area contributed by atoms with Crippen LogP contribution in [0.2, 0.25) is 0 Å². The third-order valence-electron chi connectivity index (χ3n) is 18.6. The maximum absolute atomic E-state index is 14.9. The van der Waals surface area contributed by atoms with E-state index in [1.165, 1.54) is 18.1 Å². The van der Waals surface area contributed by atoms with E-state index in [-0.39, 0.29) is 71.2 Å². The highest BCUT2D eigenvalue weighted by Gasteiger charge is 2.71. The molecule has 2 saturated heterocycles. The first-order chi connectivity index (χ1) is 36.1. The minimum absolute atomic E-state index is 0.00685. The van der Waals surface area contributed by atoms with E-state index in [1.807, 2.05) is 12.1 Å². The summed E-state index contributed by atoms with van der Waals surface area (Å²) in [5, 5.41) is 26.9. The van der Waals surface area contributed by atoms with Crippen molar-refractivity contribution in [2.24, 2.45) is 40.4 Å². The summed E-state index contributed by atoms with van der Waals surface area (Å²) in [6.07, 6.45) is 18.5. The number of aryl methyl sites for hydroxylation is 1. The van der Waals surface area contributed by atoms with Crippen molar-refractivity contribution < 1.29 is 66.9 Å². The molecule has 0 bridgehead atoms. The van der Waals surface area contributed by atoms with Crippen LogP contribution in [0.3, 0.4) is 0 Å². The van der Waals surface area contributed by atoms with Crippen LogP contribution in [0.4, 0.5) is 0 Å². The highest BCUT2D eigenvalue weighted by molar-refractivity contribution is 7.46. The summed E-state index contributed by atoms with van der Waals surface area (Å²) < 4.78 is 43.3. The van der Waals surface area contributed by atoms with Gasteiger partial charge >= 0.3 is 13.8 Å². The second-order valence-electron chi connectivity index (χ2n) is 23.7. The summed E-state index contributed by atoms with van der Waals surface area (Å²) in [7, 11) is -4.97. The van der Waals surface area contributed by atoms with Gasteiger partial charge in [0, 0.05) is 55.4 Å². The minimum Gasteiger partial charge on any atom is -0.454 e. The molecule has 0 radical (unpaired) electrons.